The van der Waals surface area contributed by atoms with Crippen molar-refractivity contribution in [1.82, 2.24) is 4.90 Å². The molecule has 1 aliphatic rings. The lowest BCUT2D eigenvalue weighted by atomic mass is 10.1. The van der Waals surface area contributed by atoms with E-state index in [9.17, 15) is 9.90 Å². The number of para-hydroxylation sites is 1. The average Bonchev–Trinajstić information content (AvgIpc) is 2.47. The van der Waals surface area contributed by atoms with Crippen LogP contribution in [0.3, 0.4) is 0 Å². The van der Waals surface area contributed by atoms with Gasteiger partial charge >= 0.3 is 0 Å². The number of aliphatic hydroxyl groups excluding tert-OH is 1. The van der Waals surface area contributed by atoms with Gasteiger partial charge in [-0.3, -0.25) is 9.69 Å². The summed E-state index contributed by atoms with van der Waals surface area (Å²) in [6.07, 6.45) is 0. The van der Waals surface area contributed by atoms with Crippen LogP contribution in [-0.4, -0.2) is 48.7 Å². The van der Waals surface area contributed by atoms with Gasteiger partial charge in [0.1, 0.15) is 6.04 Å². The molecular weight excluding hydrogens is 240 g/mol. The first kappa shape index (κ1) is 14.0. The third-order valence-electron chi connectivity index (χ3n) is 3.76. The summed E-state index contributed by atoms with van der Waals surface area (Å²) >= 11 is 0. The summed E-state index contributed by atoms with van der Waals surface area (Å²) in [4.78, 5) is 16.4. The first-order valence-electron chi connectivity index (χ1n) is 6.72. The molecule has 1 fully saturated rings. The second-order valence-corrected chi connectivity index (χ2v) is 5.48. The smallest absolute Gasteiger partial charge is 0.246 e. The molecule has 1 N–H and O–H groups in total. The Balaban J connectivity index is 2.38. The largest absolute Gasteiger partial charge is 0.394 e. The van der Waals surface area contributed by atoms with Gasteiger partial charge in [0.15, 0.2) is 0 Å². The molecule has 0 saturated carbocycles. The number of aliphatic hydroxyl groups is 1. The number of nitrogens with zero attached hydrogens (tertiary/aromatic N) is 2. The topological polar surface area (TPSA) is 43.8 Å². The lowest BCUT2D eigenvalue weighted by Crippen LogP contribution is -2.46. The van der Waals surface area contributed by atoms with E-state index in [1.54, 1.807) is 0 Å². The third-order valence-corrected chi connectivity index (χ3v) is 3.76. The number of carbonyl (C=O) groups excluding carboxylic acids is 1. The highest BCUT2D eigenvalue weighted by atomic mass is 16.3. The second-order valence-electron chi connectivity index (χ2n) is 5.48. The number of likely N-dealkylation sites (N-methyl/N-ethyl adjacent to an activating group) is 1. The van der Waals surface area contributed by atoms with Crippen molar-refractivity contribution in [3.05, 3.63) is 29.8 Å². The average molecular weight is 262 g/mol. The van der Waals surface area contributed by atoms with E-state index in [2.05, 4.69) is 6.92 Å². The summed E-state index contributed by atoms with van der Waals surface area (Å²) in [5, 5.41) is 9.49. The van der Waals surface area contributed by atoms with Crippen LogP contribution in [0.4, 0.5) is 5.69 Å². The highest BCUT2D eigenvalue weighted by Gasteiger charge is 2.33. The van der Waals surface area contributed by atoms with Crippen molar-refractivity contribution in [2.24, 2.45) is 5.92 Å². The van der Waals surface area contributed by atoms with Gasteiger partial charge in [-0.2, -0.15) is 0 Å². The zero-order valence-corrected chi connectivity index (χ0v) is 11.8. The lowest BCUT2D eigenvalue weighted by molar-refractivity contribution is -0.123. The summed E-state index contributed by atoms with van der Waals surface area (Å²) in [7, 11) is 1.90. The number of hydrogen-bond acceptors (Lipinski definition) is 3. The maximum atomic E-state index is 12.6. The van der Waals surface area contributed by atoms with Crippen molar-refractivity contribution < 1.29 is 9.90 Å². The summed E-state index contributed by atoms with van der Waals surface area (Å²) in [6.45, 7) is 5.53. The fraction of sp³-hybridized carbons (Fsp3) is 0.533. The Hall–Kier alpha value is -1.39. The van der Waals surface area contributed by atoms with Gasteiger partial charge in [-0.05, 0) is 31.5 Å². The molecule has 0 aromatic heterocycles. The molecule has 1 amide bonds. The Morgan fingerprint density at radius 2 is 2.00 bits per heavy atom. The standard InChI is InChI=1S/C15H22N2O2/c1-11-8-16(3)14(10-18)15(19)17(9-11)13-7-5-4-6-12(13)2/h4-7,11,14,18H,8-10H2,1-3H3. The number of aryl methyl sites for hydroxylation is 1. The normalized spacial score (nSPS) is 25.5. The minimum atomic E-state index is -0.440. The number of amides is 1. The maximum absolute atomic E-state index is 12.6. The summed E-state index contributed by atoms with van der Waals surface area (Å²) < 4.78 is 0. The van der Waals surface area contributed by atoms with E-state index in [4.69, 9.17) is 0 Å². The number of rotatable bonds is 2. The van der Waals surface area contributed by atoms with E-state index in [0.717, 1.165) is 17.8 Å². The number of hydrogen-bond donors (Lipinski definition) is 1. The summed E-state index contributed by atoms with van der Waals surface area (Å²) in [6, 6.07) is 7.46. The van der Waals surface area contributed by atoms with E-state index in [1.807, 2.05) is 48.0 Å². The van der Waals surface area contributed by atoms with Gasteiger partial charge in [-0.1, -0.05) is 25.1 Å². The molecule has 1 saturated heterocycles. The molecule has 4 nitrogen and oxygen atoms in total. The molecule has 0 aliphatic carbocycles. The molecular formula is C15H22N2O2. The first-order valence-corrected chi connectivity index (χ1v) is 6.72. The fourth-order valence-electron chi connectivity index (χ4n) is 2.75. The molecule has 19 heavy (non-hydrogen) atoms. The van der Waals surface area contributed by atoms with E-state index in [1.165, 1.54) is 0 Å². The van der Waals surface area contributed by atoms with Crippen molar-refractivity contribution in [1.29, 1.82) is 0 Å². The predicted octanol–water partition coefficient (Wildman–Crippen LogP) is 1.27. The second kappa shape index (κ2) is 5.72. The van der Waals surface area contributed by atoms with Crippen LogP contribution in [0.2, 0.25) is 0 Å². The molecule has 1 aliphatic heterocycles. The van der Waals surface area contributed by atoms with Gasteiger partial charge in [0, 0.05) is 18.8 Å². The highest BCUT2D eigenvalue weighted by Crippen LogP contribution is 2.24. The van der Waals surface area contributed by atoms with Gasteiger partial charge < -0.3 is 10.0 Å². The Morgan fingerprint density at radius 1 is 1.32 bits per heavy atom. The zero-order chi connectivity index (χ0) is 14.0. The van der Waals surface area contributed by atoms with E-state index >= 15 is 0 Å². The molecule has 1 aromatic rings. The van der Waals surface area contributed by atoms with Gasteiger partial charge in [-0.25, -0.2) is 0 Å². The van der Waals surface area contributed by atoms with E-state index < -0.39 is 6.04 Å². The minimum absolute atomic E-state index is 0.0105. The lowest BCUT2D eigenvalue weighted by Gasteiger charge is -2.27. The van der Waals surface area contributed by atoms with Crippen molar-refractivity contribution in [2.75, 3.05) is 31.6 Å². The number of anilines is 1. The molecule has 2 rings (SSSR count). The maximum Gasteiger partial charge on any atom is 0.246 e. The minimum Gasteiger partial charge on any atom is -0.394 e. The van der Waals surface area contributed by atoms with Crippen LogP contribution in [-0.2, 0) is 4.79 Å². The van der Waals surface area contributed by atoms with Crippen LogP contribution in [0.5, 0.6) is 0 Å². The molecule has 1 aromatic carbocycles. The predicted molar refractivity (Wildman–Crippen MR) is 76.2 cm³/mol. The van der Waals surface area contributed by atoms with E-state index in [-0.39, 0.29) is 12.5 Å². The van der Waals surface area contributed by atoms with Crippen LogP contribution < -0.4 is 4.90 Å². The molecule has 2 unspecified atom stereocenters. The monoisotopic (exact) mass is 262 g/mol. The van der Waals surface area contributed by atoms with Crippen molar-refractivity contribution >= 4 is 11.6 Å². The number of benzene rings is 1. The Labute approximate surface area is 114 Å². The molecule has 1 heterocycles. The molecule has 104 valence electrons. The Morgan fingerprint density at radius 3 is 2.63 bits per heavy atom. The van der Waals surface area contributed by atoms with Gasteiger partial charge in [0.25, 0.3) is 0 Å². The SMILES string of the molecule is Cc1ccccc1N1CC(C)CN(C)C(CO)C1=O. The van der Waals surface area contributed by atoms with Crippen LogP contribution in [0.1, 0.15) is 12.5 Å². The third kappa shape index (κ3) is 2.80. The zero-order valence-electron chi connectivity index (χ0n) is 11.8. The Kier molecular flexibility index (Phi) is 4.22. The molecule has 2 atom stereocenters. The molecule has 0 bridgehead atoms. The van der Waals surface area contributed by atoms with Crippen molar-refractivity contribution in [2.45, 2.75) is 19.9 Å². The van der Waals surface area contributed by atoms with Gasteiger partial charge in [-0.15, -0.1) is 0 Å². The quantitative estimate of drug-likeness (QED) is 0.873. The van der Waals surface area contributed by atoms with Crippen LogP contribution in [0.25, 0.3) is 0 Å². The summed E-state index contributed by atoms with van der Waals surface area (Å²) in [5.41, 5.74) is 2.04. The highest BCUT2D eigenvalue weighted by molar-refractivity contribution is 5.98. The summed E-state index contributed by atoms with van der Waals surface area (Å²) in [5.74, 6) is 0.369. The van der Waals surface area contributed by atoms with Gasteiger partial charge in [0.05, 0.1) is 6.61 Å². The van der Waals surface area contributed by atoms with Gasteiger partial charge in [0.2, 0.25) is 5.91 Å². The number of carbonyl (C=O) groups is 1. The fourth-order valence-corrected chi connectivity index (χ4v) is 2.75. The van der Waals surface area contributed by atoms with Crippen molar-refractivity contribution in [3.8, 4) is 0 Å². The van der Waals surface area contributed by atoms with Crippen molar-refractivity contribution in [3.63, 3.8) is 0 Å². The first-order chi connectivity index (χ1) is 9.04. The van der Waals surface area contributed by atoms with Crippen LogP contribution in [0, 0.1) is 12.8 Å². The van der Waals surface area contributed by atoms with E-state index in [0.29, 0.717) is 12.5 Å². The van der Waals surface area contributed by atoms with Crippen LogP contribution in [0.15, 0.2) is 24.3 Å². The molecule has 4 heteroatoms. The molecule has 0 spiro atoms. The van der Waals surface area contributed by atoms with Crippen LogP contribution >= 0.6 is 0 Å². The molecule has 0 radical (unpaired) electrons. The Bertz CT molecular complexity index is 461.